The maximum Gasteiger partial charge on any atom is 0.308 e. The molecule has 1 aromatic rings. The Hall–Kier alpha value is -0.480. The van der Waals surface area contributed by atoms with E-state index in [-0.39, 0.29) is 35.9 Å². The van der Waals surface area contributed by atoms with E-state index in [9.17, 15) is 4.79 Å². The van der Waals surface area contributed by atoms with Gasteiger partial charge in [0.25, 0.3) is 0 Å². The molecule has 27 heavy (non-hydrogen) atoms. The van der Waals surface area contributed by atoms with Crippen LogP contribution in [0.3, 0.4) is 0 Å². The lowest BCUT2D eigenvalue weighted by Gasteiger charge is -2.33. The molecule has 1 saturated heterocycles. The van der Waals surface area contributed by atoms with E-state index in [1.165, 1.54) is 16.5 Å². The van der Waals surface area contributed by atoms with Crippen LogP contribution >= 0.6 is 51.7 Å². The highest BCUT2D eigenvalue weighted by Crippen LogP contribution is 2.27. The van der Waals surface area contributed by atoms with E-state index in [0.717, 1.165) is 57.0 Å². The van der Waals surface area contributed by atoms with E-state index >= 15 is 0 Å². The molecule has 0 spiro atoms. The van der Waals surface area contributed by atoms with E-state index in [2.05, 4.69) is 49.3 Å². The second-order valence-electron chi connectivity index (χ2n) is 6.24. The number of ether oxygens (including phenoxy) is 1. The molecule has 0 unspecified atom stereocenters. The molecule has 152 valence electrons. The summed E-state index contributed by atoms with van der Waals surface area (Å²) in [5.41, 5.74) is 0. The van der Waals surface area contributed by atoms with Crippen molar-refractivity contribution in [3.05, 3.63) is 28.7 Å². The zero-order valence-corrected chi connectivity index (χ0v) is 20.7. The summed E-state index contributed by atoms with van der Waals surface area (Å²) in [5.74, 6) is 1.98. The molecule has 0 aliphatic carbocycles. The van der Waals surface area contributed by atoms with Crippen molar-refractivity contribution in [3.63, 3.8) is 0 Å². The van der Waals surface area contributed by atoms with Gasteiger partial charge in [-0.15, -0.1) is 35.7 Å². The number of benzene rings is 1. The number of carbonyl (C=O) groups is 1. The van der Waals surface area contributed by atoms with E-state index in [0.29, 0.717) is 0 Å². The Morgan fingerprint density at radius 3 is 2.67 bits per heavy atom. The third-order valence-electron chi connectivity index (χ3n) is 4.49. The molecule has 1 heterocycles. The minimum Gasteiger partial charge on any atom is -0.469 e. The fourth-order valence-corrected chi connectivity index (χ4v) is 4.57. The van der Waals surface area contributed by atoms with Crippen LogP contribution in [0, 0.1) is 5.92 Å². The van der Waals surface area contributed by atoms with Crippen molar-refractivity contribution in [2.75, 3.05) is 39.5 Å². The predicted octanol–water partition coefficient (Wildman–Crippen LogP) is 4.40. The molecular formula is C19H29BrIN3O2S. The van der Waals surface area contributed by atoms with Crippen LogP contribution in [0.1, 0.15) is 25.7 Å². The van der Waals surface area contributed by atoms with Gasteiger partial charge in [0, 0.05) is 36.1 Å². The lowest BCUT2D eigenvalue weighted by molar-refractivity contribution is -0.146. The average molecular weight is 570 g/mol. The summed E-state index contributed by atoms with van der Waals surface area (Å²) in [4.78, 5) is 19.5. The molecule has 5 nitrogen and oxygen atoms in total. The summed E-state index contributed by atoms with van der Waals surface area (Å²) in [6.45, 7) is 2.61. The lowest BCUT2D eigenvalue weighted by atomic mass is 9.97. The van der Waals surface area contributed by atoms with Crippen molar-refractivity contribution in [1.82, 2.24) is 10.2 Å². The van der Waals surface area contributed by atoms with Crippen LogP contribution in [-0.4, -0.2) is 56.4 Å². The summed E-state index contributed by atoms with van der Waals surface area (Å²) in [7, 11) is 3.28. The number of thioether (sulfide) groups is 1. The van der Waals surface area contributed by atoms with E-state index in [4.69, 9.17) is 4.74 Å². The van der Waals surface area contributed by atoms with Crippen molar-refractivity contribution in [3.8, 4) is 0 Å². The maximum absolute atomic E-state index is 11.6. The highest BCUT2D eigenvalue weighted by atomic mass is 127. The van der Waals surface area contributed by atoms with Gasteiger partial charge in [-0.3, -0.25) is 9.79 Å². The summed E-state index contributed by atoms with van der Waals surface area (Å²) >= 11 is 5.47. The van der Waals surface area contributed by atoms with Gasteiger partial charge in [0.1, 0.15) is 0 Å². The topological polar surface area (TPSA) is 53.9 Å². The highest BCUT2D eigenvalue weighted by molar-refractivity contribution is 14.0. The molecular weight excluding hydrogens is 541 g/mol. The Bertz CT molecular complexity index is 610. The van der Waals surface area contributed by atoms with Gasteiger partial charge in [-0.2, -0.15) is 0 Å². The Morgan fingerprint density at radius 2 is 2.04 bits per heavy atom. The van der Waals surface area contributed by atoms with Gasteiger partial charge < -0.3 is 15.0 Å². The molecule has 1 fully saturated rings. The number of unbranched alkanes of at least 4 members (excludes halogenated alkanes) is 1. The molecule has 0 aromatic heterocycles. The average Bonchev–Trinajstić information content (AvgIpc) is 2.68. The standard InChI is InChI=1S/C19H28BrN3O2S.HI/c1-21-19(23-12-9-15(10-13-23)18(24)25-2)22-11-5-6-14-26-17-8-4-3-7-16(17)20;/h3-4,7-8,15H,5-6,9-14H2,1-2H3,(H,21,22);1H. The van der Waals surface area contributed by atoms with Crippen LogP contribution in [0.15, 0.2) is 38.6 Å². The maximum atomic E-state index is 11.6. The first kappa shape index (κ1) is 24.6. The third kappa shape index (κ3) is 8.19. The van der Waals surface area contributed by atoms with Gasteiger partial charge in [-0.1, -0.05) is 12.1 Å². The Morgan fingerprint density at radius 1 is 1.33 bits per heavy atom. The molecule has 0 atom stereocenters. The zero-order valence-electron chi connectivity index (χ0n) is 15.9. The SMILES string of the molecule is CN=C(NCCCCSc1ccccc1Br)N1CCC(C(=O)OC)CC1.I. The summed E-state index contributed by atoms with van der Waals surface area (Å²) in [6.07, 6.45) is 3.92. The number of hydrogen-bond acceptors (Lipinski definition) is 4. The number of aliphatic imine (C=N–C) groups is 1. The molecule has 0 saturated carbocycles. The Kier molecular flexibility index (Phi) is 12.4. The largest absolute Gasteiger partial charge is 0.469 e. The number of halogens is 2. The smallest absolute Gasteiger partial charge is 0.308 e. The minimum atomic E-state index is -0.0878. The normalized spacial score (nSPS) is 15.2. The monoisotopic (exact) mass is 569 g/mol. The second-order valence-corrected chi connectivity index (χ2v) is 8.24. The van der Waals surface area contributed by atoms with Crippen LogP contribution < -0.4 is 5.32 Å². The molecule has 8 heteroatoms. The quantitative estimate of drug-likeness (QED) is 0.132. The first-order valence-electron chi connectivity index (χ1n) is 9.06. The number of methoxy groups -OCH3 is 1. The van der Waals surface area contributed by atoms with Gasteiger partial charge in [0.05, 0.1) is 13.0 Å². The van der Waals surface area contributed by atoms with Crippen molar-refractivity contribution in [2.24, 2.45) is 10.9 Å². The van der Waals surface area contributed by atoms with Crippen molar-refractivity contribution >= 4 is 63.6 Å². The van der Waals surface area contributed by atoms with E-state index < -0.39 is 0 Å². The van der Waals surface area contributed by atoms with Crippen LogP contribution in [0.25, 0.3) is 0 Å². The predicted molar refractivity (Wildman–Crippen MR) is 127 cm³/mol. The molecule has 1 N–H and O–H groups in total. The number of guanidine groups is 1. The molecule has 2 rings (SSSR count). The fraction of sp³-hybridized carbons (Fsp3) is 0.579. The number of rotatable bonds is 7. The minimum absolute atomic E-state index is 0. The number of likely N-dealkylation sites (tertiary alicyclic amines) is 1. The molecule has 1 aromatic carbocycles. The fourth-order valence-electron chi connectivity index (χ4n) is 3.00. The lowest BCUT2D eigenvalue weighted by Crippen LogP contribution is -2.46. The van der Waals surface area contributed by atoms with Gasteiger partial charge >= 0.3 is 5.97 Å². The number of nitrogens with one attached hydrogen (secondary N) is 1. The second kappa shape index (κ2) is 13.7. The van der Waals surface area contributed by atoms with Gasteiger partial charge in [0.15, 0.2) is 5.96 Å². The Balaban J connectivity index is 0.00000364. The number of piperidine rings is 1. The van der Waals surface area contributed by atoms with Crippen LogP contribution in [-0.2, 0) is 9.53 Å². The summed E-state index contributed by atoms with van der Waals surface area (Å²) in [5, 5.41) is 3.45. The number of esters is 1. The van der Waals surface area contributed by atoms with Gasteiger partial charge in [-0.05, 0) is 59.5 Å². The van der Waals surface area contributed by atoms with Crippen LogP contribution in [0.5, 0.6) is 0 Å². The first-order chi connectivity index (χ1) is 12.7. The van der Waals surface area contributed by atoms with Crippen molar-refractivity contribution in [2.45, 2.75) is 30.6 Å². The third-order valence-corrected chi connectivity index (χ3v) is 6.60. The number of nitrogens with zero attached hydrogens (tertiary/aromatic N) is 2. The molecule has 0 bridgehead atoms. The van der Waals surface area contributed by atoms with Crippen molar-refractivity contribution < 1.29 is 9.53 Å². The number of carbonyl (C=O) groups excluding carboxylic acids is 1. The molecule has 0 radical (unpaired) electrons. The first-order valence-corrected chi connectivity index (χ1v) is 10.8. The van der Waals surface area contributed by atoms with E-state index in [1.54, 1.807) is 0 Å². The number of hydrogen-bond donors (Lipinski definition) is 1. The molecule has 0 amide bonds. The van der Waals surface area contributed by atoms with Crippen molar-refractivity contribution in [1.29, 1.82) is 0 Å². The van der Waals surface area contributed by atoms with Crippen LogP contribution in [0.2, 0.25) is 0 Å². The van der Waals surface area contributed by atoms with Crippen LogP contribution in [0.4, 0.5) is 0 Å². The van der Waals surface area contributed by atoms with Gasteiger partial charge in [-0.25, -0.2) is 0 Å². The molecule has 1 aliphatic rings. The summed E-state index contributed by atoms with van der Waals surface area (Å²) in [6, 6.07) is 8.34. The Labute approximate surface area is 192 Å². The molecule has 1 aliphatic heterocycles. The van der Waals surface area contributed by atoms with E-state index in [1.807, 2.05) is 24.9 Å². The summed E-state index contributed by atoms with van der Waals surface area (Å²) < 4.78 is 6.01. The highest BCUT2D eigenvalue weighted by Gasteiger charge is 2.26. The van der Waals surface area contributed by atoms with Gasteiger partial charge in [0.2, 0.25) is 0 Å². The zero-order chi connectivity index (χ0) is 18.8.